The molecular formula is C22H18ClFN4O4. The predicted octanol–water partition coefficient (Wildman–Crippen LogP) is 4.36. The fraction of sp³-hybridized carbons (Fsp3) is 0.182. The molecule has 0 spiro atoms. The van der Waals surface area contributed by atoms with Crippen molar-refractivity contribution < 1.29 is 23.5 Å². The number of para-hydroxylation sites is 1. The fourth-order valence-corrected chi connectivity index (χ4v) is 3.17. The number of aromatic nitrogens is 2. The van der Waals surface area contributed by atoms with Gasteiger partial charge < -0.3 is 19.1 Å². The Morgan fingerprint density at radius 3 is 2.72 bits per heavy atom. The van der Waals surface area contributed by atoms with E-state index in [0.717, 1.165) is 5.56 Å². The van der Waals surface area contributed by atoms with Gasteiger partial charge in [0.15, 0.2) is 12.3 Å². The molecule has 8 nitrogen and oxygen atoms in total. The van der Waals surface area contributed by atoms with Gasteiger partial charge in [0.05, 0.1) is 11.3 Å². The van der Waals surface area contributed by atoms with Gasteiger partial charge in [0.25, 0.3) is 11.8 Å². The average molecular weight is 457 g/mol. The van der Waals surface area contributed by atoms with Crippen LogP contribution in [-0.4, -0.2) is 41.9 Å². The highest BCUT2D eigenvalue weighted by molar-refractivity contribution is 6.45. The number of hydrogen-bond donors (Lipinski definition) is 0. The summed E-state index contributed by atoms with van der Waals surface area (Å²) in [6.45, 7) is 0.624. The third-order valence-electron chi connectivity index (χ3n) is 4.44. The van der Waals surface area contributed by atoms with Gasteiger partial charge in [0.2, 0.25) is 5.82 Å². The zero-order chi connectivity index (χ0) is 22.3. The summed E-state index contributed by atoms with van der Waals surface area (Å²) in [6.07, 6.45) is 1.42. The first-order chi connectivity index (χ1) is 15.7. The van der Waals surface area contributed by atoms with Gasteiger partial charge in [-0.05, 0) is 28.9 Å². The molecule has 0 N–H and O–H groups in total. The highest BCUT2D eigenvalue weighted by Crippen LogP contribution is 2.29. The molecule has 0 radical (unpaired) electrons. The van der Waals surface area contributed by atoms with E-state index in [1.54, 1.807) is 42.5 Å². The van der Waals surface area contributed by atoms with Gasteiger partial charge in [-0.15, -0.1) is 0 Å². The summed E-state index contributed by atoms with van der Waals surface area (Å²) in [4.78, 5) is 18.0. The molecule has 0 saturated heterocycles. The first-order valence-corrected chi connectivity index (χ1v) is 9.99. The van der Waals surface area contributed by atoms with Gasteiger partial charge in [-0.1, -0.05) is 47.1 Å². The van der Waals surface area contributed by atoms with Crippen molar-refractivity contribution in [2.75, 3.05) is 20.3 Å². The summed E-state index contributed by atoms with van der Waals surface area (Å²) in [6, 6.07) is 14.0. The monoisotopic (exact) mass is 456 g/mol. The molecule has 1 aliphatic heterocycles. The molecule has 164 valence electrons. The van der Waals surface area contributed by atoms with Gasteiger partial charge in [-0.2, -0.15) is 9.37 Å². The van der Waals surface area contributed by atoms with Crippen LogP contribution in [0.4, 0.5) is 4.39 Å². The fourth-order valence-electron chi connectivity index (χ4n) is 2.97. The molecule has 0 aliphatic carbocycles. The first kappa shape index (κ1) is 21.5. The van der Waals surface area contributed by atoms with Gasteiger partial charge in [-0.3, -0.25) is 0 Å². The third-order valence-corrected chi connectivity index (χ3v) is 4.81. The number of rotatable bonds is 7. The van der Waals surface area contributed by atoms with Crippen molar-refractivity contribution in [3.63, 3.8) is 0 Å². The summed E-state index contributed by atoms with van der Waals surface area (Å²) < 4.78 is 26.5. The number of oxime groups is 2. The van der Waals surface area contributed by atoms with Crippen molar-refractivity contribution in [1.82, 2.24) is 9.97 Å². The molecule has 0 saturated carbocycles. The lowest BCUT2D eigenvalue weighted by Gasteiger charge is -2.17. The smallest absolute Gasteiger partial charge is 0.280 e. The van der Waals surface area contributed by atoms with Gasteiger partial charge in [-0.25, -0.2) is 4.98 Å². The molecule has 2 aromatic carbocycles. The Balaban J connectivity index is 1.66. The maximum absolute atomic E-state index is 15.2. The Bertz CT molecular complexity index is 1170. The normalized spacial score (nSPS) is 13.6. The predicted molar refractivity (Wildman–Crippen MR) is 116 cm³/mol. The van der Waals surface area contributed by atoms with Crippen molar-refractivity contribution in [2.45, 2.75) is 6.42 Å². The van der Waals surface area contributed by atoms with E-state index >= 15 is 4.39 Å². The van der Waals surface area contributed by atoms with Crippen LogP contribution in [0.2, 0.25) is 5.02 Å². The van der Waals surface area contributed by atoms with Crippen LogP contribution >= 0.6 is 11.6 Å². The van der Waals surface area contributed by atoms with Crippen molar-refractivity contribution in [2.24, 2.45) is 10.3 Å². The molecule has 0 atom stereocenters. The van der Waals surface area contributed by atoms with E-state index in [0.29, 0.717) is 23.8 Å². The van der Waals surface area contributed by atoms with Crippen LogP contribution in [0.5, 0.6) is 11.6 Å². The SMILES string of the molecule is CO/N=C(/C1=NOCCO1)c1ccccc1Oc1ncnc(Cc2ccccc2Cl)c1F. The van der Waals surface area contributed by atoms with Crippen LogP contribution in [0.25, 0.3) is 0 Å². The Kier molecular flexibility index (Phi) is 6.76. The number of nitrogens with zero attached hydrogens (tertiary/aromatic N) is 4. The molecule has 0 bridgehead atoms. The third kappa shape index (κ3) is 4.78. The minimum Gasteiger partial charge on any atom is -0.470 e. The molecule has 4 rings (SSSR count). The molecule has 1 aliphatic rings. The second-order valence-electron chi connectivity index (χ2n) is 6.51. The van der Waals surface area contributed by atoms with Crippen LogP contribution in [0.1, 0.15) is 16.8 Å². The van der Waals surface area contributed by atoms with E-state index in [-0.39, 0.29) is 35.4 Å². The number of hydrogen-bond acceptors (Lipinski definition) is 8. The summed E-state index contributed by atoms with van der Waals surface area (Å²) in [5.74, 6) is -0.547. The van der Waals surface area contributed by atoms with Crippen molar-refractivity contribution >= 4 is 23.2 Å². The molecule has 32 heavy (non-hydrogen) atoms. The lowest BCUT2D eigenvalue weighted by molar-refractivity contribution is 0.0672. The van der Waals surface area contributed by atoms with Gasteiger partial charge >= 0.3 is 0 Å². The topological polar surface area (TPSA) is 87.4 Å². The second kappa shape index (κ2) is 10.1. The van der Waals surface area contributed by atoms with Crippen molar-refractivity contribution in [3.05, 3.63) is 82.5 Å². The largest absolute Gasteiger partial charge is 0.470 e. The lowest BCUT2D eigenvalue weighted by Crippen LogP contribution is -2.25. The molecular weight excluding hydrogens is 439 g/mol. The van der Waals surface area contributed by atoms with Crippen LogP contribution < -0.4 is 4.74 Å². The first-order valence-electron chi connectivity index (χ1n) is 9.61. The molecule has 0 amide bonds. The minimum absolute atomic E-state index is 0.122. The van der Waals surface area contributed by atoms with E-state index in [9.17, 15) is 0 Å². The summed E-state index contributed by atoms with van der Waals surface area (Å²) >= 11 is 6.20. The minimum atomic E-state index is -0.693. The Hall–Kier alpha value is -3.72. The summed E-state index contributed by atoms with van der Waals surface area (Å²) in [5, 5.41) is 8.38. The van der Waals surface area contributed by atoms with Gasteiger partial charge in [0, 0.05) is 11.4 Å². The van der Waals surface area contributed by atoms with E-state index < -0.39 is 5.82 Å². The number of benzene rings is 2. The highest BCUT2D eigenvalue weighted by atomic mass is 35.5. The highest BCUT2D eigenvalue weighted by Gasteiger charge is 2.24. The Labute approximate surface area is 188 Å². The van der Waals surface area contributed by atoms with E-state index in [1.807, 2.05) is 6.07 Å². The van der Waals surface area contributed by atoms with Crippen LogP contribution in [0, 0.1) is 5.82 Å². The molecule has 2 heterocycles. The molecule has 1 aromatic heterocycles. The lowest BCUT2D eigenvalue weighted by atomic mass is 10.1. The summed E-state index contributed by atoms with van der Waals surface area (Å²) in [5.41, 5.74) is 1.57. The van der Waals surface area contributed by atoms with Crippen molar-refractivity contribution in [3.8, 4) is 11.6 Å². The average Bonchev–Trinajstić information content (AvgIpc) is 2.82. The molecule has 0 fully saturated rings. The van der Waals surface area contributed by atoms with E-state index in [1.165, 1.54) is 13.4 Å². The molecule has 3 aromatic rings. The Morgan fingerprint density at radius 2 is 1.94 bits per heavy atom. The number of halogens is 2. The Morgan fingerprint density at radius 1 is 1.12 bits per heavy atom. The molecule has 0 unspecified atom stereocenters. The van der Waals surface area contributed by atoms with Crippen LogP contribution in [0.3, 0.4) is 0 Å². The zero-order valence-corrected chi connectivity index (χ0v) is 17.8. The van der Waals surface area contributed by atoms with Gasteiger partial charge in [0.1, 0.15) is 25.8 Å². The maximum Gasteiger partial charge on any atom is 0.280 e. The second-order valence-corrected chi connectivity index (χ2v) is 6.91. The maximum atomic E-state index is 15.2. The molecule has 10 heteroatoms. The quantitative estimate of drug-likeness (QED) is 0.387. The standard InChI is InChI=1S/C22H18ClFN4O4/c1-29-27-20(22-28-31-11-10-30-22)15-7-3-5-9-18(15)32-21-19(24)17(25-13-26-21)12-14-6-2-4-8-16(14)23/h2-9,13H,10-12H2,1H3/b27-20+. The van der Waals surface area contributed by atoms with Crippen molar-refractivity contribution in [1.29, 1.82) is 0 Å². The zero-order valence-electron chi connectivity index (χ0n) is 17.0. The van der Waals surface area contributed by atoms with Crippen LogP contribution in [0.15, 0.2) is 65.2 Å². The van der Waals surface area contributed by atoms with E-state index in [4.69, 9.17) is 30.7 Å². The van der Waals surface area contributed by atoms with Crippen LogP contribution in [-0.2, 0) is 20.8 Å². The number of ether oxygens (including phenoxy) is 2. The van der Waals surface area contributed by atoms with E-state index in [2.05, 4.69) is 20.3 Å². The summed E-state index contributed by atoms with van der Waals surface area (Å²) in [7, 11) is 1.39.